The average Bonchev–Trinajstić information content (AvgIpc) is 2.15. The number of nitrogens with zero attached hydrogens (tertiary/aromatic N) is 1. The van der Waals surface area contributed by atoms with Gasteiger partial charge in [0.1, 0.15) is 0 Å². The minimum Gasteiger partial charge on any atom is -0.399 e. The maximum Gasteiger partial charge on any atom is 0.0726 e. The third kappa shape index (κ3) is 2.42. The highest BCUT2D eigenvalue weighted by Crippen LogP contribution is 2.29. The standard InChI is InChI=1S/C12H17ClN2O/c1-8-6-15(7-9(2)16-8)12-4-3-10(14)5-11(12)13/h3-5,8-9H,6-7,14H2,1-2H3. The molecule has 0 bridgehead atoms. The number of morpholine rings is 1. The molecule has 2 atom stereocenters. The van der Waals surface area contributed by atoms with Crippen molar-refractivity contribution in [2.75, 3.05) is 23.7 Å². The highest BCUT2D eigenvalue weighted by atomic mass is 35.5. The molecule has 3 nitrogen and oxygen atoms in total. The van der Waals surface area contributed by atoms with Crippen molar-refractivity contribution in [3.8, 4) is 0 Å². The van der Waals surface area contributed by atoms with E-state index in [0.717, 1.165) is 18.8 Å². The summed E-state index contributed by atoms with van der Waals surface area (Å²) < 4.78 is 5.69. The van der Waals surface area contributed by atoms with E-state index in [1.54, 1.807) is 6.07 Å². The molecule has 4 heteroatoms. The lowest BCUT2D eigenvalue weighted by Gasteiger charge is -2.37. The second kappa shape index (κ2) is 4.52. The van der Waals surface area contributed by atoms with Crippen LogP contribution >= 0.6 is 11.6 Å². The highest BCUT2D eigenvalue weighted by molar-refractivity contribution is 6.33. The van der Waals surface area contributed by atoms with Crippen LogP contribution in [0.15, 0.2) is 18.2 Å². The number of rotatable bonds is 1. The maximum atomic E-state index is 6.20. The molecule has 0 spiro atoms. The zero-order valence-corrected chi connectivity index (χ0v) is 10.4. The van der Waals surface area contributed by atoms with Crippen LogP contribution in [0.3, 0.4) is 0 Å². The summed E-state index contributed by atoms with van der Waals surface area (Å²) in [7, 11) is 0. The van der Waals surface area contributed by atoms with Crippen molar-refractivity contribution < 1.29 is 4.74 Å². The zero-order valence-electron chi connectivity index (χ0n) is 9.61. The Hall–Kier alpha value is -0.930. The predicted octanol–water partition coefficient (Wildman–Crippen LogP) is 2.54. The van der Waals surface area contributed by atoms with E-state index in [4.69, 9.17) is 22.1 Å². The molecule has 0 aliphatic carbocycles. The van der Waals surface area contributed by atoms with Gasteiger partial charge in [0.2, 0.25) is 0 Å². The van der Waals surface area contributed by atoms with Crippen LogP contribution < -0.4 is 10.6 Å². The van der Waals surface area contributed by atoms with Gasteiger partial charge < -0.3 is 15.4 Å². The van der Waals surface area contributed by atoms with E-state index in [2.05, 4.69) is 18.7 Å². The molecule has 2 rings (SSSR count). The van der Waals surface area contributed by atoms with E-state index in [9.17, 15) is 0 Å². The van der Waals surface area contributed by atoms with Crippen LogP contribution in [0.1, 0.15) is 13.8 Å². The van der Waals surface area contributed by atoms with Crippen molar-refractivity contribution >= 4 is 23.0 Å². The largest absolute Gasteiger partial charge is 0.399 e. The van der Waals surface area contributed by atoms with E-state index in [-0.39, 0.29) is 12.2 Å². The van der Waals surface area contributed by atoms with E-state index in [0.29, 0.717) is 10.7 Å². The quantitative estimate of drug-likeness (QED) is 0.767. The number of hydrogen-bond donors (Lipinski definition) is 1. The minimum absolute atomic E-state index is 0.234. The first-order valence-corrected chi connectivity index (χ1v) is 5.89. The molecule has 1 aromatic rings. The molecule has 16 heavy (non-hydrogen) atoms. The normalized spacial score (nSPS) is 25.8. The van der Waals surface area contributed by atoms with Gasteiger partial charge in [-0.15, -0.1) is 0 Å². The van der Waals surface area contributed by atoms with Crippen molar-refractivity contribution in [1.29, 1.82) is 0 Å². The van der Waals surface area contributed by atoms with Gasteiger partial charge in [0.25, 0.3) is 0 Å². The average molecular weight is 241 g/mol. The van der Waals surface area contributed by atoms with Crippen LogP contribution in [0.2, 0.25) is 5.02 Å². The number of nitrogens with two attached hydrogens (primary N) is 1. The third-order valence-electron chi connectivity index (χ3n) is 2.73. The van der Waals surface area contributed by atoms with Gasteiger partial charge in [-0.3, -0.25) is 0 Å². The summed E-state index contributed by atoms with van der Waals surface area (Å²) in [6.07, 6.45) is 0.467. The number of hydrogen-bond acceptors (Lipinski definition) is 3. The molecular formula is C12H17ClN2O. The fourth-order valence-corrected chi connectivity index (χ4v) is 2.46. The first kappa shape index (κ1) is 11.6. The molecule has 1 aliphatic rings. The number of nitrogen functional groups attached to an aromatic ring is 1. The predicted molar refractivity (Wildman–Crippen MR) is 68.1 cm³/mol. The molecule has 2 unspecified atom stereocenters. The first-order valence-electron chi connectivity index (χ1n) is 5.51. The van der Waals surface area contributed by atoms with Gasteiger partial charge in [0, 0.05) is 18.8 Å². The van der Waals surface area contributed by atoms with Crippen molar-refractivity contribution in [3.63, 3.8) is 0 Å². The molecule has 88 valence electrons. The number of anilines is 2. The molecule has 1 saturated heterocycles. The van der Waals surface area contributed by atoms with Crippen molar-refractivity contribution in [2.45, 2.75) is 26.1 Å². The number of ether oxygens (including phenoxy) is 1. The molecule has 2 N–H and O–H groups in total. The fourth-order valence-electron chi connectivity index (χ4n) is 2.15. The van der Waals surface area contributed by atoms with Crippen LogP contribution in [0.5, 0.6) is 0 Å². The molecule has 0 radical (unpaired) electrons. The monoisotopic (exact) mass is 240 g/mol. The van der Waals surface area contributed by atoms with E-state index >= 15 is 0 Å². The summed E-state index contributed by atoms with van der Waals surface area (Å²) >= 11 is 6.20. The van der Waals surface area contributed by atoms with E-state index in [1.165, 1.54) is 0 Å². The maximum absolute atomic E-state index is 6.20. The molecule has 0 saturated carbocycles. The summed E-state index contributed by atoms with van der Waals surface area (Å²) in [6, 6.07) is 5.65. The fraction of sp³-hybridized carbons (Fsp3) is 0.500. The van der Waals surface area contributed by atoms with Gasteiger partial charge in [-0.1, -0.05) is 11.6 Å². The molecule has 1 heterocycles. The summed E-state index contributed by atoms with van der Waals surface area (Å²) in [5.74, 6) is 0. The lowest BCUT2D eigenvalue weighted by atomic mass is 10.2. The summed E-state index contributed by atoms with van der Waals surface area (Å²) in [5, 5.41) is 0.710. The van der Waals surface area contributed by atoms with E-state index in [1.807, 2.05) is 12.1 Å². The summed E-state index contributed by atoms with van der Waals surface area (Å²) in [6.45, 7) is 5.89. The van der Waals surface area contributed by atoms with Gasteiger partial charge in [-0.05, 0) is 32.0 Å². The van der Waals surface area contributed by atoms with E-state index < -0.39 is 0 Å². The van der Waals surface area contributed by atoms with Crippen LogP contribution in [-0.2, 0) is 4.74 Å². The van der Waals surface area contributed by atoms with Gasteiger partial charge in [-0.25, -0.2) is 0 Å². The highest BCUT2D eigenvalue weighted by Gasteiger charge is 2.23. The topological polar surface area (TPSA) is 38.5 Å². The minimum atomic E-state index is 0.234. The second-order valence-electron chi connectivity index (χ2n) is 4.37. The Bertz CT molecular complexity index is 373. The van der Waals surface area contributed by atoms with Gasteiger partial charge in [-0.2, -0.15) is 0 Å². The molecule has 0 amide bonds. The lowest BCUT2D eigenvalue weighted by Crippen LogP contribution is -2.45. The van der Waals surface area contributed by atoms with Crippen molar-refractivity contribution in [3.05, 3.63) is 23.2 Å². The lowest BCUT2D eigenvalue weighted by molar-refractivity contribution is -0.00520. The van der Waals surface area contributed by atoms with Gasteiger partial charge in [0.15, 0.2) is 0 Å². The Morgan fingerprint density at radius 3 is 2.50 bits per heavy atom. The Morgan fingerprint density at radius 1 is 1.31 bits per heavy atom. The number of halogens is 1. The van der Waals surface area contributed by atoms with Crippen LogP contribution in [0.4, 0.5) is 11.4 Å². The SMILES string of the molecule is CC1CN(c2ccc(N)cc2Cl)CC(C)O1. The smallest absolute Gasteiger partial charge is 0.0726 e. The summed E-state index contributed by atoms with van der Waals surface area (Å²) in [5.41, 5.74) is 7.42. The van der Waals surface area contributed by atoms with Crippen molar-refractivity contribution in [1.82, 2.24) is 0 Å². The Kier molecular flexibility index (Phi) is 3.26. The Labute approximate surface area is 101 Å². The van der Waals surface area contributed by atoms with Gasteiger partial charge in [0.05, 0.1) is 22.9 Å². The van der Waals surface area contributed by atoms with Crippen LogP contribution in [0.25, 0.3) is 0 Å². The first-order chi connectivity index (χ1) is 7.56. The van der Waals surface area contributed by atoms with Gasteiger partial charge >= 0.3 is 0 Å². The van der Waals surface area contributed by atoms with Crippen LogP contribution in [-0.4, -0.2) is 25.3 Å². The van der Waals surface area contributed by atoms with Crippen LogP contribution in [0, 0.1) is 0 Å². The van der Waals surface area contributed by atoms with Crippen molar-refractivity contribution in [2.24, 2.45) is 0 Å². The summed E-state index contributed by atoms with van der Waals surface area (Å²) in [4.78, 5) is 2.25. The third-order valence-corrected chi connectivity index (χ3v) is 3.03. The molecule has 1 aliphatic heterocycles. The Morgan fingerprint density at radius 2 is 1.94 bits per heavy atom. The Balaban J connectivity index is 2.23. The number of benzene rings is 1. The zero-order chi connectivity index (χ0) is 11.7. The molecule has 0 aromatic heterocycles. The molecule has 1 fully saturated rings. The molecular weight excluding hydrogens is 224 g/mol. The second-order valence-corrected chi connectivity index (χ2v) is 4.78. The molecule has 1 aromatic carbocycles.